The first-order chi connectivity index (χ1) is 17.8. The van der Waals surface area contributed by atoms with Crippen LogP contribution < -0.4 is 4.74 Å². The number of ether oxygens (including phenoxy) is 1. The fraction of sp³-hybridized carbons (Fsp3) is 0.391. The highest BCUT2D eigenvalue weighted by Gasteiger charge is 2.62. The molecule has 1 saturated carbocycles. The molecule has 1 amide bonds. The number of aryl methyl sites for hydroxylation is 1. The standard InChI is InChI=1S/C23H19F7N6O2/c1-3-35(15-6-7-15)20(37)16-8-12(4-5-13(16)9-31)14-10-32-36(11-14)19-17(38-21(24)25)18(33-34(19)2)22(26,27)23(28,29)30/h4-5,8,10-11,15,21H,3,6-7H2,1-2H3. The van der Waals surface area contributed by atoms with Gasteiger partial charge < -0.3 is 9.64 Å². The van der Waals surface area contributed by atoms with Gasteiger partial charge in [0.1, 0.15) is 0 Å². The molecule has 0 unspecified atom stereocenters. The largest absolute Gasteiger partial charge is 0.459 e. The number of halogens is 7. The monoisotopic (exact) mass is 544 g/mol. The van der Waals surface area contributed by atoms with Crippen LogP contribution in [-0.2, 0) is 13.0 Å². The molecule has 2 aromatic heterocycles. The van der Waals surface area contributed by atoms with E-state index in [9.17, 15) is 40.8 Å². The maximum atomic E-state index is 14.1. The average Bonchev–Trinajstić information content (AvgIpc) is 3.46. The molecule has 0 bridgehead atoms. The number of hydrogen-bond acceptors (Lipinski definition) is 5. The highest BCUT2D eigenvalue weighted by molar-refractivity contribution is 5.98. The summed E-state index contributed by atoms with van der Waals surface area (Å²) in [6.07, 6.45) is -2.12. The zero-order chi connectivity index (χ0) is 28.0. The van der Waals surface area contributed by atoms with Crippen molar-refractivity contribution in [1.82, 2.24) is 24.5 Å². The highest BCUT2D eigenvalue weighted by Crippen LogP contribution is 2.48. The van der Waals surface area contributed by atoms with Gasteiger partial charge in [0.05, 0.1) is 23.4 Å². The van der Waals surface area contributed by atoms with Crippen LogP contribution in [0.3, 0.4) is 0 Å². The van der Waals surface area contributed by atoms with Crippen molar-refractivity contribution < 1.29 is 40.3 Å². The minimum atomic E-state index is -6.13. The normalized spacial score (nSPS) is 14.0. The fourth-order valence-electron chi connectivity index (χ4n) is 3.98. The number of benzene rings is 1. The van der Waals surface area contributed by atoms with E-state index in [2.05, 4.69) is 14.9 Å². The lowest BCUT2D eigenvalue weighted by atomic mass is 10.0. The van der Waals surface area contributed by atoms with Gasteiger partial charge in [-0.2, -0.15) is 46.2 Å². The van der Waals surface area contributed by atoms with Crippen LogP contribution in [-0.4, -0.2) is 55.7 Å². The molecule has 3 aromatic rings. The van der Waals surface area contributed by atoms with Gasteiger partial charge in [-0.3, -0.25) is 4.79 Å². The molecular weight excluding hydrogens is 525 g/mol. The number of aromatic nitrogens is 4. The second-order valence-corrected chi connectivity index (χ2v) is 8.44. The number of alkyl halides is 7. The van der Waals surface area contributed by atoms with Gasteiger partial charge in [0.2, 0.25) is 0 Å². The van der Waals surface area contributed by atoms with Crippen molar-refractivity contribution in [3.05, 3.63) is 47.4 Å². The lowest BCUT2D eigenvalue weighted by molar-refractivity contribution is -0.291. The Hall–Kier alpha value is -4.09. The molecule has 0 atom stereocenters. The number of rotatable bonds is 8. The Bertz CT molecular complexity index is 1400. The summed E-state index contributed by atoms with van der Waals surface area (Å²) < 4.78 is 98.5. The van der Waals surface area contributed by atoms with Crippen molar-refractivity contribution in [3.8, 4) is 28.8 Å². The number of hydrogen-bond donors (Lipinski definition) is 0. The van der Waals surface area contributed by atoms with Gasteiger partial charge in [0.25, 0.3) is 5.91 Å². The van der Waals surface area contributed by atoms with E-state index >= 15 is 0 Å². The summed E-state index contributed by atoms with van der Waals surface area (Å²) in [6.45, 7) is -1.51. The molecule has 202 valence electrons. The second kappa shape index (κ2) is 9.66. The Balaban J connectivity index is 1.78. The Morgan fingerprint density at radius 1 is 1.24 bits per heavy atom. The van der Waals surface area contributed by atoms with Crippen LogP contribution in [0.4, 0.5) is 30.7 Å². The van der Waals surface area contributed by atoms with Crippen LogP contribution in [0.2, 0.25) is 0 Å². The van der Waals surface area contributed by atoms with E-state index in [0.717, 1.165) is 30.8 Å². The third kappa shape index (κ3) is 4.77. The summed E-state index contributed by atoms with van der Waals surface area (Å²) in [4.78, 5) is 14.7. The lowest BCUT2D eigenvalue weighted by Gasteiger charge is -2.21. The van der Waals surface area contributed by atoms with Gasteiger partial charge in [0.15, 0.2) is 17.3 Å². The predicted molar refractivity (Wildman–Crippen MR) is 117 cm³/mol. The van der Waals surface area contributed by atoms with Crippen LogP contribution >= 0.6 is 0 Å². The minimum Gasteiger partial charge on any atom is -0.428 e. The van der Waals surface area contributed by atoms with Gasteiger partial charge in [-0.25, -0.2) is 9.36 Å². The third-order valence-electron chi connectivity index (χ3n) is 5.93. The summed E-state index contributed by atoms with van der Waals surface area (Å²) in [6, 6.07) is 6.34. The second-order valence-electron chi connectivity index (χ2n) is 8.44. The van der Waals surface area contributed by atoms with Crippen LogP contribution in [0.15, 0.2) is 30.6 Å². The number of carbonyl (C=O) groups excluding carboxylic acids is 1. The molecule has 0 spiro atoms. The van der Waals surface area contributed by atoms with Crippen molar-refractivity contribution in [3.63, 3.8) is 0 Å². The summed E-state index contributed by atoms with van der Waals surface area (Å²) >= 11 is 0. The van der Waals surface area contributed by atoms with Crippen LogP contribution in [0, 0.1) is 11.3 Å². The molecular formula is C23H19F7N6O2. The van der Waals surface area contributed by atoms with Gasteiger partial charge >= 0.3 is 18.7 Å². The maximum Gasteiger partial charge on any atom is 0.459 e. The predicted octanol–water partition coefficient (Wildman–Crippen LogP) is 5.02. The number of amides is 1. The van der Waals surface area contributed by atoms with Crippen molar-refractivity contribution in [2.24, 2.45) is 7.05 Å². The Kier molecular flexibility index (Phi) is 6.85. The number of carbonyl (C=O) groups is 1. The molecule has 15 heteroatoms. The van der Waals surface area contributed by atoms with E-state index in [0.29, 0.717) is 16.8 Å². The first-order valence-electron chi connectivity index (χ1n) is 11.2. The number of nitriles is 1. The molecule has 1 fully saturated rings. The Labute approximate surface area is 210 Å². The highest BCUT2D eigenvalue weighted by atomic mass is 19.4. The van der Waals surface area contributed by atoms with Gasteiger partial charge in [-0.05, 0) is 37.5 Å². The minimum absolute atomic E-state index is 0.0765. The molecule has 0 aliphatic heterocycles. The molecule has 0 radical (unpaired) electrons. The summed E-state index contributed by atoms with van der Waals surface area (Å²) in [7, 11) is 0.959. The van der Waals surface area contributed by atoms with Crippen LogP contribution in [0.25, 0.3) is 16.9 Å². The first kappa shape index (κ1) is 27.0. The Morgan fingerprint density at radius 3 is 2.47 bits per heavy atom. The summed E-state index contributed by atoms with van der Waals surface area (Å²) in [5.41, 5.74) is -1.23. The molecule has 2 heterocycles. The van der Waals surface area contributed by atoms with Crippen molar-refractivity contribution in [2.45, 2.75) is 44.5 Å². The molecule has 4 rings (SSSR count). The maximum absolute atomic E-state index is 14.1. The molecule has 1 aliphatic rings. The topological polar surface area (TPSA) is 89.0 Å². The molecule has 0 saturated heterocycles. The first-order valence-corrected chi connectivity index (χ1v) is 11.2. The molecule has 38 heavy (non-hydrogen) atoms. The quantitative estimate of drug-likeness (QED) is 0.372. The Morgan fingerprint density at radius 2 is 1.92 bits per heavy atom. The van der Waals surface area contributed by atoms with E-state index in [1.54, 1.807) is 11.8 Å². The number of nitrogens with zero attached hydrogens (tertiary/aromatic N) is 6. The van der Waals surface area contributed by atoms with Crippen molar-refractivity contribution >= 4 is 5.91 Å². The van der Waals surface area contributed by atoms with Crippen LogP contribution in [0.1, 0.15) is 41.4 Å². The molecule has 1 aromatic carbocycles. The smallest absolute Gasteiger partial charge is 0.428 e. The van der Waals surface area contributed by atoms with Crippen molar-refractivity contribution in [1.29, 1.82) is 5.26 Å². The van der Waals surface area contributed by atoms with E-state index in [4.69, 9.17) is 0 Å². The van der Waals surface area contributed by atoms with Gasteiger partial charge in [0, 0.05) is 31.4 Å². The summed E-state index contributed by atoms with van der Waals surface area (Å²) in [5, 5.41) is 16.5. The van der Waals surface area contributed by atoms with Gasteiger partial charge in [-0.1, -0.05) is 6.07 Å². The SMILES string of the molecule is CCN(C(=O)c1cc(-c2cnn(-c3c(OC(F)F)c(C(F)(F)C(F)(F)F)nn3C)c2)ccc1C#N)C1CC1. The molecule has 0 N–H and O–H groups in total. The van der Waals surface area contributed by atoms with Crippen LogP contribution in [0.5, 0.6) is 5.75 Å². The van der Waals surface area contributed by atoms with E-state index in [1.807, 2.05) is 6.07 Å². The average molecular weight is 544 g/mol. The van der Waals surface area contributed by atoms with Gasteiger partial charge in [-0.15, -0.1) is 0 Å². The van der Waals surface area contributed by atoms with E-state index in [-0.39, 0.29) is 28.6 Å². The van der Waals surface area contributed by atoms with E-state index in [1.165, 1.54) is 24.4 Å². The van der Waals surface area contributed by atoms with E-state index < -0.39 is 36.0 Å². The third-order valence-corrected chi connectivity index (χ3v) is 5.93. The molecule has 1 aliphatic carbocycles. The van der Waals surface area contributed by atoms with Crippen molar-refractivity contribution in [2.75, 3.05) is 6.54 Å². The zero-order valence-corrected chi connectivity index (χ0v) is 19.8. The fourth-order valence-corrected chi connectivity index (χ4v) is 3.98. The lowest BCUT2D eigenvalue weighted by Crippen LogP contribution is -2.34. The summed E-state index contributed by atoms with van der Waals surface area (Å²) in [5.74, 6) is -8.18. The molecule has 8 nitrogen and oxygen atoms in total. The zero-order valence-electron chi connectivity index (χ0n) is 19.8.